The fourth-order valence-electron chi connectivity index (χ4n) is 4.48. The number of ether oxygens (including phenoxy) is 1. The highest BCUT2D eigenvalue weighted by Gasteiger charge is 2.34. The van der Waals surface area contributed by atoms with Crippen LogP contribution in [0.2, 0.25) is 0 Å². The number of hydrogen-bond donors (Lipinski definition) is 1. The Labute approximate surface area is 244 Å². The molecule has 0 saturated carbocycles. The number of hydrogen-bond acceptors (Lipinski definition) is 5. The standard InChI is InChI=1S/C32H41N3O5S/c1-7-25(5)33-32(37)30(8-2)34(21-26-11-9-10-24(4)20-26)31(36)22-35(27-14-12-23(3)13-15-27)41(38,39)29-18-16-28(40-6)17-19-29/h9-20,25,30H,7-8,21-22H2,1-6H3,(H,33,37)/t25-,30+/m0/s1. The van der Waals surface area contributed by atoms with E-state index in [9.17, 15) is 18.0 Å². The summed E-state index contributed by atoms with van der Waals surface area (Å²) in [5.41, 5.74) is 3.19. The minimum Gasteiger partial charge on any atom is -0.497 e. The second kappa shape index (κ2) is 14.2. The zero-order valence-electron chi connectivity index (χ0n) is 24.8. The summed E-state index contributed by atoms with van der Waals surface area (Å²) in [7, 11) is -2.64. The first-order valence-corrected chi connectivity index (χ1v) is 15.3. The number of methoxy groups -OCH3 is 1. The van der Waals surface area contributed by atoms with E-state index in [0.717, 1.165) is 27.4 Å². The fourth-order valence-corrected chi connectivity index (χ4v) is 5.90. The van der Waals surface area contributed by atoms with E-state index < -0.39 is 28.5 Å². The third kappa shape index (κ3) is 8.10. The zero-order chi connectivity index (χ0) is 30.2. The fraction of sp³-hybridized carbons (Fsp3) is 0.375. The van der Waals surface area contributed by atoms with Crippen LogP contribution in [0.25, 0.3) is 0 Å². The molecule has 41 heavy (non-hydrogen) atoms. The van der Waals surface area contributed by atoms with Gasteiger partial charge >= 0.3 is 0 Å². The molecule has 0 unspecified atom stereocenters. The van der Waals surface area contributed by atoms with Crippen molar-refractivity contribution in [1.29, 1.82) is 0 Å². The normalized spacial score (nSPS) is 12.7. The van der Waals surface area contributed by atoms with E-state index in [1.165, 1.54) is 24.1 Å². The molecule has 0 aliphatic carbocycles. The van der Waals surface area contributed by atoms with E-state index in [2.05, 4.69) is 5.32 Å². The van der Waals surface area contributed by atoms with Gasteiger partial charge in [0.05, 0.1) is 17.7 Å². The monoisotopic (exact) mass is 579 g/mol. The van der Waals surface area contributed by atoms with Crippen molar-refractivity contribution in [3.05, 3.63) is 89.5 Å². The maximum absolute atomic E-state index is 14.1. The van der Waals surface area contributed by atoms with Gasteiger partial charge in [-0.2, -0.15) is 0 Å². The summed E-state index contributed by atoms with van der Waals surface area (Å²) >= 11 is 0. The molecule has 2 amide bonds. The first-order chi connectivity index (χ1) is 19.5. The van der Waals surface area contributed by atoms with Crippen LogP contribution in [0.4, 0.5) is 5.69 Å². The molecule has 0 aromatic heterocycles. The molecule has 0 radical (unpaired) electrons. The topological polar surface area (TPSA) is 96.0 Å². The van der Waals surface area contributed by atoms with Crippen LogP contribution in [0.5, 0.6) is 5.75 Å². The molecule has 3 aromatic carbocycles. The van der Waals surface area contributed by atoms with Gasteiger partial charge in [0.2, 0.25) is 11.8 Å². The Morgan fingerprint density at radius 1 is 0.902 bits per heavy atom. The molecule has 0 saturated heterocycles. The third-order valence-electron chi connectivity index (χ3n) is 7.07. The SMILES string of the molecule is CC[C@H](C(=O)N[C@@H](C)CC)N(Cc1cccc(C)c1)C(=O)CN(c1ccc(C)cc1)S(=O)(=O)c1ccc(OC)cc1. The summed E-state index contributed by atoms with van der Waals surface area (Å²) < 4.78 is 34.2. The lowest BCUT2D eigenvalue weighted by Gasteiger charge is -2.33. The maximum atomic E-state index is 14.1. The van der Waals surface area contributed by atoms with Crippen LogP contribution >= 0.6 is 0 Å². The number of benzene rings is 3. The predicted molar refractivity (Wildman–Crippen MR) is 162 cm³/mol. The van der Waals surface area contributed by atoms with Crippen LogP contribution in [0.3, 0.4) is 0 Å². The summed E-state index contributed by atoms with van der Waals surface area (Å²) in [6.07, 6.45) is 1.12. The lowest BCUT2D eigenvalue weighted by molar-refractivity contribution is -0.140. The van der Waals surface area contributed by atoms with E-state index in [1.54, 1.807) is 36.4 Å². The highest BCUT2D eigenvalue weighted by molar-refractivity contribution is 7.92. The third-order valence-corrected chi connectivity index (χ3v) is 8.86. The minimum atomic E-state index is -4.15. The molecule has 1 N–H and O–H groups in total. The van der Waals surface area contributed by atoms with Crippen LogP contribution in [0.15, 0.2) is 77.7 Å². The van der Waals surface area contributed by atoms with Gasteiger partial charge < -0.3 is 15.0 Å². The Morgan fingerprint density at radius 2 is 1.56 bits per heavy atom. The lowest BCUT2D eigenvalue weighted by atomic mass is 10.1. The van der Waals surface area contributed by atoms with Gasteiger partial charge in [-0.25, -0.2) is 8.42 Å². The first-order valence-electron chi connectivity index (χ1n) is 13.9. The van der Waals surface area contributed by atoms with Gasteiger partial charge in [-0.1, -0.05) is 61.4 Å². The van der Waals surface area contributed by atoms with Crippen molar-refractivity contribution in [2.45, 2.75) is 71.0 Å². The number of nitrogens with one attached hydrogen (secondary N) is 1. The van der Waals surface area contributed by atoms with Gasteiger partial charge in [0.25, 0.3) is 10.0 Å². The van der Waals surface area contributed by atoms with E-state index in [-0.39, 0.29) is 23.4 Å². The number of carbonyl (C=O) groups excluding carboxylic acids is 2. The predicted octanol–water partition coefficient (Wildman–Crippen LogP) is 5.23. The van der Waals surface area contributed by atoms with Gasteiger partial charge in [0.15, 0.2) is 0 Å². The number of rotatable bonds is 13. The van der Waals surface area contributed by atoms with Gasteiger partial charge in [0, 0.05) is 12.6 Å². The lowest BCUT2D eigenvalue weighted by Crippen LogP contribution is -2.53. The van der Waals surface area contributed by atoms with E-state index >= 15 is 0 Å². The molecule has 220 valence electrons. The van der Waals surface area contributed by atoms with Crippen molar-refractivity contribution in [2.75, 3.05) is 18.0 Å². The number of aryl methyl sites for hydroxylation is 2. The molecular weight excluding hydrogens is 538 g/mol. The van der Waals surface area contributed by atoms with Crippen LogP contribution in [-0.2, 0) is 26.2 Å². The van der Waals surface area contributed by atoms with E-state index in [4.69, 9.17) is 4.74 Å². The quantitative estimate of drug-likeness (QED) is 0.299. The van der Waals surface area contributed by atoms with Crippen molar-refractivity contribution >= 4 is 27.5 Å². The van der Waals surface area contributed by atoms with Gasteiger partial charge in [-0.05, 0) is 75.6 Å². The highest BCUT2D eigenvalue weighted by Crippen LogP contribution is 2.26. The number of amides is 2. The van der Waals surface area contributed by atoms with Crippen molar-refractivity contribution in [3.63, 3.8) is 0 Å². The molecule has 0 aliphatic rings. The van der Waals surface area contributed by atoms with Gasteiger partial charge in [-0.3, -0.25) is 13.9 Å². The summed E-state index contributed by atoms with van der Waals surface area (Å²) in [5.74, 6) is -0.220. The number of anilines is 1. The van der Waals surface area contributed by atoms with Crippen molar-refractivity contribution < 1.29 is 22.7 Å². The summed E-state index contributed by atoms with van der Waals surface area (Å²) in [4.78, 5) is 29.0. The molecule has 0 aliphatic heterocycles. The Kier molecular flexibility index (Phi) is 10.9. The van der Waals surface area contributed by atoms with E-state index in [0.29, 0.717) is 17.9 Å². The highest BCUT2D eigenvalue weighted by atomic mass is 32.2. The number of sulfonamides is 1. The largest absolute Gasteiger partial charge is 0.497 e. The molecule has 2 atom stereocenters. The van der Waals surface area contributed by atoms with E-state index in [1.807, 2.05) is 58.9 Å². The second-order valence-corrected chi connectivity index (χ2v) is 12.1. The molecule has 9 heteroatoms. The minimum absolute atomic E-state index is 0.0264. The van der Waals surface area contributed by atoms with Crippen molar-refractivity contribution in [2.24, 2.45) is 0 Å². The van der Waals surface area contributed by atoms with Crippen molar-refractivity contribution in [1.82, 2.24) is 10.2 Å². The Balaban J connectivity index is 2.05. The number of nitrogens with zero attached hydrogens (tertiary/aromatic N) is 2. The Morgan fingerprint density at radius 3 is 2.12 bits per heavy atom. The van der Waals surface area contributed by atoms with Crippen LogP contribution in [-0.4, -0.2) is 50.9 Å². The Bertz CT molecular complexity index is 1420. The average Bonchev–Trinajstić information content (AvgIpc) is 2.96. The summed E-state index contributed by atoms with van der Waals surface area (Å²) in [5, 5.41) is 2.99. The van der Waals surface area contributed by atoms with Crippen LogP contribution in [0.1, 0.15) is 50.3 Å². The first kappa shape index (κ1) is 31.7. The maximum Gasteiger partial charge on any atom is 0.264 e. The molecule has 3 rings (SSSR count). The molecule has 0 fully saturated rings. The average molecular weight is 580 g/mol. The molecule has 8 nitrogen and oxygen atoms in total. The molecule has 0 heterocycles. The van der Waals surface area contributed by atoms with Crippen LogP contribution < -0.4 is 14.4 Å². The molecular formula is C32H41N3O5S. The molecule has 3 aromatic rings. The van der Waals surface area contributed by atoms with Gasteiger partial charge in [0.1, 0.15) is 18.3 Å². The summed E-state index contributed by atoms with van der Waals surface area (Å²) in [6, 6.07) is 19.9. The number of carbonyl (C=O) groups is 2. The second-order valence-electron chi connectivity index (χ2n) is 10.3. The molecule has 0 spiro atoms. The van der Waals surface area contributed by atoms with Gasteiger partial charge in [-0.15, -0.1) is 0 Å². The smallest absolute Gasteiger partial charge is 0.264 e. The summed E-state index contributed by atoms with van der Waals surface area (Å²) in [6.45, 7) is 9.30. The van der Waals surface area contributed by atoms with Crippen molar-refractivity contribution in [3.8, 4) is 5.75 Å². The molecule has 0 bridgehead atoms. The zero-order valence-corrected chi connectivity index (χ0v) is 25.6. The van der Waals surface area contributed by atoms with Crippen LogP contribution in [0, 0.1) is 13.8 Å². The Hall–Kier alpha value is -3.85.